The average Bonchev–Trinajstić information content (AvgIpc) is 3.00. The molecule has 1 aliphatic heterocycles. The van der Waals surface area contributed by atoms with Gasteiger partial charge in [-0.15, -0.1) is 11.6 Å². The summed E-state index contributed by atoms with van der Waals surface area (Å²) in [7, 11) is 1.67. The van der Waals surface area contributed by atoms with Crippen LogP contribution in [0.3, 0.4) is 0 Å². The third-order valence-corrected chi connectivity index (χ3v) is 4.81. The van der Waals surface area contributed by atoms with Crippen LogP contribution in [0.4, 0.5) is 0 Å². The number of alkyl halides is 1. The highest BCUT2D eigenvalue weighted by Gasteiger charge is 2.41. The van der Waals surface area contributed by atoms with Crippen molar-refractivity contribution >= 4 is 22.6 Å². The number of rotatable bonds is 3. The molecule has 1 fully saturated rings. The van der Waals surface area contributed by atoms with Gasteiger partial charge in [-0.1, -0.05) is 6.07 Å². The van der Waals surface area contributed by atoms with Crippen molar-refractivity contribution in [1.29, 1.82) is 0 Å². The van der Waals surface area contributed by atoms with Crippen molar-refractivity contribution in [2.75, 3.05) is 13.7 Å². The lowest BCUT2D eigenvalue weighted by molar-refractivity contribution is 0.0763. The summed E-state index contributed by atoms with van der Waals surface area (Å²) >= 11 is 6.40. The molecule has 1 aliphatic rings. The van der Waals surface area contributed by atoms with E-state index in [4.69, 9.17) is 26.1 Å². The molecule has 5 heteroatoms. The number of para-hydroxylation sites is 1. The van der Waals surface area contributed by atoms with E-state index in [0.29, 0.717) is 0 Å². The Kier molecular flexibility index (Phi) is 3.62. The first-order valence-corrected chi connectivity index (χ1v) is 7.74. The number of halogens is 1. The molecule has 114 valence electrons. The van der Waals surface area contributed by atoms with E-state index < -0.39 is 0 Å². The van der Waals surface area contributed by atoms with Crippen LogP contribution in [-0.2, 0) is 10.3 Å². The average molecular weight is 309 g/mol. The second-order valence-corrected chi connectivity index (χ2v) is 6.52. The first-order chi connectivity index (χ1) is 9.99. The Labute approximate surface area is 130 Å². The van der Waals surface area contributed by atoms with E-state index in [-0.39, 0.29) is 17.0 Å². The van der Waals surface area contributed by atoms with Gasteiger partial charge in [-0.25, -0.2) is 4.98 Å². The Morgan fingerprint density at radius 1 is 1.52 bits per heavy atom. The Bertz CT molecular complexity index is 668. The molecule has 1 aromatic carbocycles. The van der Waals surface area contributed by atoms with Crippen LogP contribution < -0.4 is 4.74 Å². The minimum atomic E-state index is -0.174. The fourth-order valence-corrected chi connectivity index (χ4v) is 3.33. The number of aromatic nitrogens is 2. The SMILES string of the molecule is COc1cccc2c1nc(C(C)Cl)n2C1(C)CCOC1C. The van der Waals surface area contributed by atoms with E-state index in [9.17, 15) is 0 Å². The van der Waals surface area contributed by atoms with Crippen LogP contribution in [0.5, 0.6) is 5.75 Å². The monoisotopic (exact) mass is 308 g/mol. The molecular weight excluding hydrogens is 288 g/mol. The highest BCUT2D eigenvalue weighted by molar-refractivity contribution is 6.20. The molecule has 0 bridgehead atoms. The van der Waals surface area contributed by atoms with E-state index in [1.165, 1.54) is 0 Å². The summed E-state index contributed by atoms with van der Waals surface area (Å²) in [6.07, 6.45) is 1.07. The number of hydrogen-bond donors (Lipinski definition) is 0. The summed E-state index contributed by atoms with van der Waals surface area (Å²) in [5, 5.41) is -0.174. The van der Waals surface area contributed by atoms with Gasteiger partial charge in [0.1, 0.15) is 17.1 Å². The summed E-state index contributed by atoms with van der Waals surface area (Å²) in [5.74, 6) is 1.65. The summed E-state index contributed by atoms with van der Waals surface area (Å²) in [4.78, 5) is 4.76. The lowest BCUT2D eigenvalue weighted by atomic mass is 9.93. The molecule has 1 saturated heterocycles. The fourth-order valence-electron chi connectivity index (χ4n) is 3.18. The summed E-state index contributed by atoms with van der Waals surface area (Å²) in [6, 6.07) is 6.00. The van der Waals surface area contributed by atoms with E-state index in [2.05, 4.69) is 24.5 Å². The standard InChI is InChI=1S/C16H21ClN2O2/c1-10(17)15-18-14-12(6-5-7-13(14)20-4)19(15)16(3)8-9-21-11(16)2/h5-7,10-11H,8-9H2,1-4H3. The van der Waals surface area contributed by atoms with Gasteiger partial charge in [-0.3, -0.25) is 0 Å². The molecule has 3 unspecified atom stereocenters. The zero-order valence-corrected chi connectivity index (χ0v) is 13.6. The van der Waals surface area contributed by atoms with Gasteiger partial charge < -0.3 is 14.0 Å². The maximum Gasteiger partial charge on any atom is 0.146 e. The molecule has 0 N–H and O–H groups in total. The van der Waals surface area contributed by atoms with Gasteiger partial charge in [0.25, 0.3) is 0 Å². The molecule has 2 heterocycles. The first kappa shape index (κ1) is 14.7. The zero-order valence-electron chi connectivity index (χ0n) is 12.9. The van der Waals surface area contributed by atoms with Gasteiger partial charge in [0.2, 0.25) is 0 Å². The van der Waals surface area contributed by atoms with E-state index in [1.807, 2.05) is 19.1 Å². The molecule has 3 rings (SSSR count). The minimum absolute atomic E-state index is 0.121. The van der Waals surface area contributed by atoms with Crippen molar-refractivity contribution in [3.05, 3.63) is 24.0 Å². The number of ether oxygens (including phenoxy) is 2. The van der Waals surface area contributed by atoms with E-state index >= 15 is 0 Å². The largest absolute Gasteiger partial charge is 0.494 e. The second-order valence-electron chi connectivity index (χ2n) is 5.87. The Hall–Kier alpha value is -1.26. The van der Waals surface area contributed by atoms with E-state index in [1.54, 1.807) is 7.11 Å². The first-order valence-electron chi connectivity index (χ1n) is 7.30. The quantitative estimate of drug-likeness (QED) is 0.808. The van der Waals surface area contributed by atoms with Gasteiger partial charge in [0, 0.05) is 6.61 Å². The van der Waals surface area contributed by atoms with Gasteiger partial charge >= 0.3 is 0 Å². The Morgan fingerprint density at radius 2 is 2.29 bits per heavy atom. The number of imidazole rings is 1. The zero-order chi connectivity index (χ0) is 15.2. The predicted octanol–water partition coefficient (Wildman–Crippen LogP) is 3.87. The third kappa shape index (κ3) is 2.12. The van der Waals surface area contributed by atoms with Crippen molar-refractivity contribution in [2.24, 2.45) is 0 Å². The normalized spacial score (nSPS) is 27.2. The molecule has 3 atom stereocenters. The summed E-state index contributed by atoms with van der Waals surface area (Å²) in [5.41, 5.74) is 1.78. The van der Waals surface area contributed by atoms with Crippen LogP contribution >= 0.6 is 11.6 Å². The molecule has 0 radical (unpaired) electrons. The Morgan fingerprint density at radius 3 is 2.86 bits per heavy atom. The summed E-state index contributed by atoms with van der Waals surface area (Å²) < 4.78 is 13.5. The van der Waals surface area contributed by atoms with Gasteiger partial charge in [-0.05, 0) is 39.3 Å². The lowest BCUT2D eigenvalue weighted by Gasteiger charge is -2.32. The van der Waals surface area contributed by atoms with Crippen LogP contribution in [0.1, 0.15) is 38.4 Å². The predicted molar refractivity (Wildman–Crippen MR) is 84.2 cm³/mol. The topological polar surface area (TPSA) is 36.3 Å². The smallest absolute Gasteiger partial charge is 0.146 e. The maximum atomic E-state index is 6.40. The highest BCUT2D eigenvalue weighted by atomic mass is 35.5. The molecule has 4 nitrogen and oxygen atoms in total. The lowest BCUT2D eigenvalue weighted by Crippen LogP contribution is -2.38. The molecule has 0 spiro atoms. The van der Waals surface area contributed by atoms with Crippen LogP contribution in [0.25, 0.3) is 11.0 Å². The van der Waals surface area contributed by atoms with Gasteiger partial charge in [0.15, 0.2) is 0 Å². The van der Waals surface area contributed by atoms with Gasteiger partial charge in [0.05, 0.1) is 29.6 Å². The van der Waals surface area contributed by atoms with Gasteiger partial charge in [-0.2, -0.15) is 0 Å². The number of nitrogens with zero attached hydrogens (tertiary/aromatic N) is 2. The molecule has 0 saturated carbocycles. The van der Waals surface area contributed by atoms with Crippen LogP contribution in [-0.4, -0.2) is 29.4 Å². The molecule has 21 heavy (non-hydrogen) atoms. The highest BCUT2D eigenvalue weighted by Crippen LogP contribution is 2.40. The van der Waals surface area contributed by atoms with Crippen molar-refractivity contribution in [3.63, 3.8) is 0 Å². The third-order valence-electron chi connectivity index (χ3n) is 4.61. The molecule has 2 aromatic rings. The fraction of sp³-hybridized carbons (Fsp3) is 0.562. The van der Waals surface area contributed by atoms with E-state index in [0.717, 1.165) is 35.6 Å². The molecule has 1 aromatic heterocycles. The number of hydrogen-bond acceptors (Lipinski definition) is 3. The number of benzene rings is 1. The molecular formula is C16H21ClN2O2. The number of methoxy groups -OCH3 is 1. The van der Waals surface area contributed by atoms with Crippen molar-refractivity contribution in [1.82, 2.24) is 9.55 Å². The van der Waals surface area contributed by atoms with Crippen LogP contribution in [0, 0.1) is 0 Å². The van der Waals surface area contributed by atoms with Crippen molar-refractivity contribution < 1.29 is 9.47 Å². The van der Waals surface area contributed by atoms with Crippen molar-refractivity contribution in [2.45, 2.75) is 44.2 Å². The summed E-state index contributed by atoms with van der Waals surface area (Å²) in [6.45, 7) is 7.04. The Balaban J connectivity index is 2.32. The number of fused-ring (bicyclic) bond motifs is 1. The van der Waals surface area contributed by atoms with Crippen LogP contribution in [0.15, 0.2) is 18.2 Å². The van der Waals surface area contributed by atoms with Crippen molar-refractivity contribution in [3.8, 4) is 5.75 Å². The molecule has 0 amide bonds. The minimum Gasteiger partial charge on any atom is -0.494 e. The van der Waals surface area contributed by atoms with Crippen LogP contribution in [0.2, 0.25) is 0 Å². The maximum absolute atomic E-state index is 6.40. The molecule has 0 aliphatic carbocycles. The second kappa shape index (κ2) is 5.18.